The second-order valence-corrected chi connectivity index (χ2v) is 3.04. The first-order valence-electron chi connectivity index (χ1n) is 4.98. The van der Waals surface area contributed by atoms with Gasteiger partial charge < -0.3 is 10.0 Å². The van der Waals surface area contributed by atoms with Gasteiger partial charge in [0.25, 0.3) is 0 Å². The number of nitrogens with one attached hydrogen (secondary N) is 1. The normalized spacial score (nSPS) is 9.67. The second kappa shape index (κ2) is 4.95. The number of benzene rings is 1. The Hall–Kier alpha value is -1.33. The summed E-state index contributed by atoms with van der Waals surface area (Å²) in [6.45, 7) is 5.83. The van der Waals surface area contributed by atoms with Gasteiger partial charge in [-0.1, -0.05) is 19.9 Å². The Morgan fingerprint density at radius 2 is 1.93 bits per heavy atom. The lowest BCUT2D eigenvalue weighted by Crippen LogP contribution is -2.31. The van der Waals surface area contributed by atoms with Gasteiger partial charge in [0.05, 0.1) is 11.7 Å². The monoisotopic (exact) mass is 206 g/mol. The number of fused-ring (bicyclic) bond motifs is 1. The van der Waals surface area contributed by atoms with Crippen molar-refractivity contribution in [3.05, 3.63) is 23.9 Å². The lowest BCUT2D eigenvalue weighted by Gasteiger charge is -2.03. The molecule has 2 aromatic rings. The largest absolute Gasteiger partial charge is 0.488 e. The lowest BCUT2D eigenvalue weighted by atomic mass is 9.77. The Balaban J connectivity index is 0.000000531. The number of aromatic nitrogens is 2. The van der Waals surface area contributed by atoms with Crippen molar-refractivity contribution in [3.8, 4) is 0 Å². The highest BCUT2D eigenvalue weighted by Gasteiger charge is 2.14. The van der Waals surface area contributed by atoms with E-state index in [-0.39, 0.29) is 0 Å². The summed E-state index contributed by atoms with van der Waals surface area (Å²) >= 11 is 0. The van der Waals surface area contributed by atoms with Gasteiger partial charge in [0, 0.05) is 5.39 Å². The fourth-order valence-electron chi connectivity index (χ4n) is 1.40. The minimum Gasteiger partial charge on any atom is -0.423 e. The van der Waals surface area contributed by atoms with Crippen LogP contribution in [0.15, 0.2) is 18.3 Å². The van der Waals surface area contributed by atoms with E-state index in [1.807, 2.05) is 26.8 Å². The smallest absolute Gasteiger partial charge is 0.423 e. The summed E-state index contributed by atoms with van der Waals surface area (Å²) in [5, 5.41) is 25.6. The number of aromatic amines is 1. The summed E-state index contributed by atoms with van der Waals surface area (Å²) < 4.78 is 0. The molecule has 1 aromatic heterocycles. The highest BCUT2D eigenvalue weighted by molar-refractivity contribution is 6.59. The van der Waals surface area contributed by atoms with Crippen LogP contribution >= 0.6 is 0 Å². The second-order valence-electron chi connectivity index (χ2n) is 3.04. The molecule has 1 heterocycles. The Morgan fingerprint density at radius 3 is 2.53 bits per heavy atom. The van der Waals surface area contributed by atoms with Crippen LogP contribution in [0.5, 0.6) is 0 Å². The Bertz CT molecular complexity index is 440. The number of hydrogen-bond acceptors (Lipinski definition) is 3. The van der Waals surface area contributed by atoms with Crippen molar-refractivity contribution < 1.29 is 10.0 Å². The van der Waals surface area contributed by atoms with Crippen LogP contribution < -0.4 is 5.46 Å². The van der Waals surface area contributed by atoms with Crippen molar-refractivity contribution in [3.63, 3.8) is 0 Å². The molecule has 3 N–H and O–H groups in total. The fraction of sp³-hybridized carbons (Fsp3) is 0.300. The molecule has 0 amide bonds. The van der Waals surface area contributed by atoms with E-state index >= 15 is 0 Å². The molecule has 0 bridgehead atoms. The van der Waals surface area contributed by atoms with E-state index in [4.69, 9.17) is 10.0 Å². The third-order valence-electron chi connectivity index (χ3n) is 2.11. The molecular weight excluding hydrogens is 191 g/mol. The molecule has 0 saturated heterocycles. The van der Waals surface area contributed by atoms with Crippen LogP contribution in [-0.2, 0) is 0 Å². The maximum atomic E-state index is 9.03. The van der Waals surface area contributed by atoms with E-state index in [0.717, 1.165) is 16.5 Å². The van der Waals surface area contributed by atoms with Gasteiger partial charge in [-0.2, -0.15) is 5.10 Å². The summed E-state index contributed by atoms with van der Waals surface area (Å²) in [5.41, 5.74) is 2.27. The Labute approximate surface area is 89.1 Å². The van der Waals surface area contributed by atoms with Gasteiger partial charge in [-0.25, -0.2) is 0 Å². The molecule has 4 nitrogen and oxygen atoms in total. The van der Waals surface area contributed by atoms with Crippen molar-refractivity contribution in [2.45, 2.75) is 20.8 Å². The molecule has 1 aromatic carbocycles. The molecule has 0 aliphatic carbocycles. The molecule has 0 unspecified atom stereocenters. The minimum absolute atomic E-state index is 0.522. The summed E-state index contributed by atoms with van der Waals surface area (Å²) in [6.07, 6.45) is 1.65. The molecule has 0 aliphatic rings. The Kier molecular flexibility index (Phi) is 3.88. The van der Waals surface area contributed by atoms with Gasteiger partial charge in [0.1, 0.15) is 0 Å². The van der Waals surface area contributed by atoms with E-state index in [0.29, 0.717) is 5.46 Å². The number of aryl methyl sites for hydroxylation is 1. The zero-order valence-corrected chi connectivity index (χ0v) is 9.15. The fourth-order valence-corrected chi connectivity index (χ4v) is 1.40. The molecule has 0 radical (unpaired) electrons. The van der Waals surface area contributed by atoms with Gasteiger partial charge >= 0.3 is 7.12 Å². The summed E-state index contributed by atoms with van der Waals surface area (Å²) in [6, 6.07) is 3.57. The van der Waals surface area contributed by atoms with Gasteiger partial charge in [-0.15, -0.1) is 0 Å². The number of hydrogen-bond donors (Lipinski definition) is 3. The average molecular weight is 206 g/mol. The molecule has 80 valence electrons. The molecule has 0 aliphatic heterocycles. The third kappa shape index (κ3) is 2.37. The van der Waals surface area contributed by atoms with E-state index in [2.05, 4.69) is 10.2 Å². The minimum atomic E-state index is -1.42. The predicted octanol–water partition coefficient (Wildman–Crippen LogP) is 0.577. The molecule has 0 atom stereocenters. The van der Waals surface area contributed by atoms with Gasteiger partial charge in [0.15, 0.2) is 0 Å². The highest BCUT2D eigenvalue weighted by Crippen LogP contribution is 2.10. The summed E-state index contributed by atoms with van der Waals surface area (Å²) in [4.78, 5) is 0. The standard InChI is InChI=1S/C8H9BN2O2.C2H6/c1-5-2-8-6(4-10-11-8)3-7(5)9(12)13;1-2/h2-4,12-13H,1H3,(H,10,11);1-2H3. The van der Waals surface area contributed by atoms with Crippen LogP contribution in [0, 0.1) is 6.92 Å². The highest BCUT2D eigenvalue weighted by atomic mass is 16.4. The molecule has 0 fully saturated rings. The van der Waals surface area contributed by atoms with Gasteiger partial charge in [-0.05, 0) is 24.0 Å². The van der Waals surface area contributed by atoms with Crippen LogP contribution in [0.4, 0.5) is 0 Å². The summed E-state index contributed by atoms with van der Waals surface area (Å²) in [7, 11) is -1.42. The van der Waals surface area contributed by atoms with Crippen LogP contribution in [0.2, 0.25) is 0 Å². The molecule has 0 spiro atoms. The topological polar surface area (TPSA) is 69.1 Å². The number of H-pyrrole nitrogens is 1. The van der Waals surface area contributed by atoms with E-state index < -0.39 is 7.12 Å². The molecular formula is C10H15BN2O2. The first kappa shape index (κ1) is 11.7. The molecule has 15 heavy (non-hydrogen) atoms. The first-order chi connectivity index (χ1) is 7.18. The first-order valence-corrected chi connectivity index (χ1v) is 4.98. The quantitative estimate of drug-likeness (QED) is 0.597. The van der Waals surface area contributed by atoms with E-state index in [1.54, 1.807) is 12.3 Å². The molecule has 2 rings (SSSR count). The van der Waals surface area contributed by atoms with Gasteiger partial charge in [0.2, 0.25) is 0 Å². The zero-order valence-electron chi connectivity index (χ0n) is 9.15. The maximum Gasteiger partial charge on any atom is 0.488 e. The van der Waals surface area contributed by atoms with Crippen molar-refractivity contribution in [1.29, 1.82) is 0 Å². The van der Waals surface area contributed by atoms with Crippen molar-refractivity contribution >= 4 is 23.5 Å². The van der Waals surface area contributed by atoms with Crippen molar-refractivity contribution in [2.24, 2.45) is 0 Å². The van der Waals surface area contributed by atoms with Crippen LogP contribution in [0.3, 0.4) is 0 Å². The number of nitrogens with zero attached hydrogens (tertiary/aromatic N) is 1. The van der Waals surface area contributed by atoms with Crippen LogP contribution in [-0.4, -0.2) is 27.4 Å². The maximum absolute atomic E-state index is 9.03. The SMILES string of the molecule is CC.Cc1cc2[nH]ncc2cc1B(O)O. The molecule has 5 heteroatoms. The van der Waals surface area contributed by atoms with Crippen molar-refractivity contribution in [2.75, 3.05) is 0 Å². The zero-order chi connectivity index (χ0) is 11.4. The lowest BCUT2D eigenvalue weighted by molar-refractivity contribution is 0.425. The summed E-state index contributed by atoms with van der Waals surface area (Å²) in [5.74, 6) is 0. The Morgan fingerprint density at radius 1 is 1.27 bits per heavy atom. The average Bonchev–Trinajstić information content (AvgIpc) is 2.66. The van der Waals surface area contributed by atoms with Crippen LogP contribution in [0.25, 0.3) is 10.9 Å². The number of rotatable bonds is 1. The third-order valence-corrected chi connectivity index (χ3v) is 2.11. The van der Waals surface area contributed by atoms with E-state index in [1.165, 1.54) is 0 Å². The van der Waals surface area contributed by atoms with E-state index in [9.17, 15) is 0 Å². The van der Waals surface area contributed by atoms with Gasteiger partial charge in [-0.3, -0.25) is 5.10 Å². The molecule has 0 saturated carbocycles. The van der Waals surface area contributed by atoms with Crippen molar-refractivity contribution in [1.82, 2.24) is 10.2 Å². The van der Waals surface area contributed by atoms with Crippen LogP contribution in [0.1, 0.15) is 19.4 Å². The predicted molar refractivity (Wildman–Crippen MR) is 62.0 cm³/mol.